The summed E-state index contributed by atoms with van der Waals surface area (Å²) < 4.78 is 0. The van der Waals surface area contributed by atoms with Gasteiger partial charge in [0.2, 0.25) is 0 Å². The number of hydrogen-bond donors (Lipinski definition) is 2. The van der Waals surface area contributed by atoms with Gasteiger partial charge >= 0.3 is 0 Å². The standard InChI is InChI=1S/C22H14N8OS/c1-11(31)16-4-5-17(32-16)12-6-7-25-21-18(12)27-22(28-21)20-19-14(29-30-20)3-2-13(26-19)15-10-23-8-9-24-15/h2-10H,1H3,(H,29,30)(H,25,27,28). The molecule has 0 aliphatic carbocycles. The van der Waals surface area contributed by atoms with Crippen molar-refractivity contribution in [2.24, 2.45) is 0 Å². The van der Waals surface area contributed by atoms with Crippen molar-refractivity contribution in [2.45, 2.75) is 6.92 Å². The molecule has 0 spiro atoms. The molecule has 32 heavy (non-hydrogen) atoms. The summed E-state index contributed by atoms with van der Waals surface area (Å²) in [5.41, 5.74) is 5.68. The summed E-state index contributed by atoms with van der Waals surface area (Å²) in [6.07, 6.45) is 6.63. The topological polar surface area (TPSA) is 126 Å². The molecule has 0 amide bonds. The quantitative estimate of drug-likeness (QED) is 0.393. The molecule has 0 fully saturated rings. The Balaban J connectivity index is 1.49. The fraction of sp³-hybridized carbons (Fsp3) is 0.0455. The molecule has 154 valence electrons. The van der Waals surface area contributed by atoms with Crippen molar-refractivity contribution in [3.8, 4) is 33.3 Å². The summed E-state index contributed by atoms with van der Waals surface area (Å²) in [5.74, 6) is 0.600. The maximum Gasteiger partial charge on any atom is 0.178 e. The number of hydrogen-bond acceptors (Lipinski definition) is 8. The molecular weight excluding hydrogens is 424 g/mol. The van der Waals surface area contributed by atoms with Gasteiger partial charge < -0.3 is 4.98 Å². The molecule has 2 N–H and O–H groups in total. The number of pyridine rings is 2. The van der Waals surface area contributed by atoms with Crippen LogP contribution in [0.1, 0.15) is 16.6 Å². The number of aromatic amines is 2. The first-order valence-corrected chi connectivity index (χ1v) is 10.6. The predicted octanol–water partition coefficient (Wildman–Crippen LogP) is 4.28. The average molecular weight is 438 g/mol. The van der Waals surface area contributed by atoms with E-state index < -0.39 is 0 Å². The van der Waals surface area contributed by atoms with Crippen LogP contribution >= 0.6 is 11.3 Å². The maximum absolute atomic E-state index is 11.7. The van der Waals surface area contributed by atoms with E-state index in [0.29, 0.717) is 38.9 Å². The number of thiophene rings is 1. The van der Waals surface area contributed by atoms with Gasteiger partial charge in [0.1, 0.15) is 11.2 Å². The van der Waals surface area contributed by atoms with Gasteiger partial charge in [-0.1, -0.05) is 0 Å². The van der Waals surface area contributed by atoms with Gasteiger partial charge in [-0.25, -0.2) is 15.0 Å². The number of ketones is 1. The van der Waals surface area contributed by atoms with Crippen LogP contribution in [0.5, 0.6) is 0 Å². The van der Waals surface area contributed by atoms with Gasteiger partial charge in [-0.2, -0.15) is 5.10 Å². The van der Waals surface area contributed by atoms with Crippen LogP contribution in [0.25, 0.3) is 55.5 Å². The second-order valence-electron chi connectivity index (χ2n) is 7.12. The Labute approximate surface area is 184 Å². The van der Waals surface area contributed by atoms with Gasteiger partial charge in [-0.15, -0.1) is 11.3 Å². The third-order valence-corrected chi connectivity index (χ3v) is 6.29. The number of imidazole rings is 1. The van der Waals surface area contributed by atoms with Crippen LogP contribution in [-0.4, -0.2) is 45.9 Å². The van der Waals surface area contributed by atoms with Crippen molar-refractivity contribution in [1.82, 2.24) is 40.1 Å². The molecule has 0 aliphatic heterocycles. The van der Waals surface area contributed by atoms with Gasteiger partial charge in [0.05, 0.1) is 27.8 Å². The molecule has 10 heteroatoms. The Kier molecular flexibility index (Phi) is 4.12. The Morgan fingerprint density at radius 2 is 1.91 bits per heavy atom. The molecule has 6 aromatic heterocycles. The molecule has 9 nitrogen and oxygen atoms in total. The van der Waals surface area contributed by atoms with Crippen molar-refractivity contribution in [2.75, 3.05) is 0 Å². The SMILES string of the molecule is CC(=O)c1ccc(-c2ccnc3nc(-c4n[nH]c5ccc(-c6cnccn6)nc45)[nH]c23)s1. The van der Waals surface area contributed by atoms with Gasteiger partial charge in [0.25, 0.3) is 0 Å². The monoisotopic (exact) mass is 438 g/mol. The summed E-state index contributed by atoms with van der Waals surface area (Å²) in [4.78, 5) is 39.0. The van der Waals surface area contributed by atoms with E-state index in [0.717, 1.165) is 21.5 Å². The first kappa shape index (κ1) is 18.5. The van der Waals surface area contributed by atoms with Gasteiger partial charge in [-0.3, -0.25) is 19.9 Å². The second kappa shape index (κ2) is 7.13. The van der Waals surface area contributed by atoms with Crippen molar-refractivity contribution >= 4 is 39.3 Å². The summed E-state index contributed by atoms with van der Waals surface area (Å²) in [6.45, 7) is 1.57. The number of fused-ring (bicyclic) bond motifs is 2. The molecule has 0 radical (unpaired) electrons. The summed E-state index contributed by atoms with van der Waals surface area (Å²) in [7, 11) is 0. The molecule has 0 aromatic carbocycles. The van der Waals surface area contributed by atoms with E-state index in [2.05, 4.69) is 35.1 Å². The van der Waals surface area contributed by atoms with Crippen LogP contribution in [0.2, 0.25) is 0 Å². The number of rotatable bonds is 4. The molecule has 6 aromatic rings. The minimum absolute atomic E-state index is 0.0461. The van der Waals surface area contributed by atoms with Gasteiger partial charge in [-0.05, 0) is 37.3 Å². The Morgan fingerprint density at radius 3 is 2.72 bits per heavy atom. The van der Waals surface area contributed by atoms with Gasteiger partial charge in [0.15, 0.2) is 22.9 Å². The smallest absolute Gasteiger partial charge is 0.178 e. The summed E-state index contributed by atoms with van der Waals surface area (Å²) >= 11 is 1.45. The summed E-state index contributed by atoms with van der Waals surface area (Å²) in [5, 5.41) is 7.45. The predicted molar refractivity (Wildman–Crippen MR) is 121 cm³/mol. The number of aromatic nitrogens is 8. The molecule has 0 bridgehead atoms. The number of carbonyl (C=O) groups is 1. The largest absolute Gasteiger partial charge is 0.335 e. The average Bonchev–Trinajstić information content (AvgIpc) is 3.56. The number of nitrogens with zero attached hydrogens (tertiary/aromatic N) is 6. The minimum Gasteiger partial charge on any atom is -0.335 e. The van der Waals surface area contributed by atoms with Crippen LogP contribution in [0.15, 0.2) is 55.1 Å². The highest BCUT2D eigenvalue weighted by Gasteiger charge is 2.18. The lowest BCUT2D eigenvalue weighted by molar-refractivity contribution is 0.102. The van der Waals surface area contributed by atoms with Crippen LogP contribution in [0.4, 0.5) is 0 Å². The molecule has 6 heterocycles. The molecular formula is C22H14N8OS. The third-order valence-electron chi connectivity index (χ3n) is 5.07. The summed E-state index contributed by atoms with van der Waals surface area (Å²) in [6, 6.07) is 9.47. The van der Waals surface area contributed by atoms with Crippen molar-refractivity contribution < 1.29 is 4.79 Å². The zero-order chi connectivity index (χ0) is 21.7. The first-order valence-electron chi connectivity index (χ1n) is 9.75. The van der Waals surface area contributed by atoms with Crippen molar-refractivity contribution in [3.63, 3.8) is 0 Å². The Bertz CT molecular complexity index is 1620. The van der Waals surface area contributed by atoms with Crippen molar-refractivity contribution in [1.29, 1.82) is 0 Å². The lowest BCUT2D eigenvalue weighted by Gasteiger charge is -1.99. The van der Waals surface area contributed by atoms with E-state index in [9.17, 15) is 4.79 Å². The fourth-order valence-corrected chi connectivity index (χ4v) is 4.47. The lowest BCUT2D eigenvalue weighted by Crippen LogP contribution is -1.89. The molecule has 0 unspecified atom stereocenters. The lowest BCUT2D eigenvalue weighted by atomic mass is 10.2. The van der Waals surface area contributed by atoms with Crippen molar-refractivity contribution in [3.05, 3.63) is 60.0 Å². The van der Waals surface area contributed by atoms with E-state index in [1.54, 1.807) is 31.7 Å². The Morgan fingerprint density at radius 1 is 0.969 bits per heavy atom. The second-order valence-corrected chi connectivity index (χ2v) is 8.20. The van der Waals surface area contributed by atoms with E-state index in [4.69, 9.17) is 4.98 Å². The molecule has 0 saturated carbocycles. The van der Waals surface area contributed by atoms with Crippen LogP contribution in [0.3, 0.4) is 0 Å². The Hall–Kier alpha value is -4.31. The maximum atomic E-state index is 11.7. The van der Waals surface area contributed by atoms with Gasteiger partial charge in [0, 0.05) is 29.0 Å². The third kappa shape index (κ3) is 2.96. The number of carbonyl (C=O) groups excluding carboxylic acids is 1. The number of Topliss-reactive ketones (excluding diaryl/α,β-unsaturated/α-hetero) is 1. The highest BCUT2D eigenvalue weighted by molar-refractivity contribution is 7.17. The number of nitrogens with one attached hydrogen (secondary N) is 2. The molecule has 0 atom stereocenters. The molecule has 6 rings (SSSR count). The zero-order valence-corrected chi connectivity index (χ0v) is 17.5. The highest BCUT2D eigenvalue weighted by Crippen LogP contribution is 2.34. The van der Waals surface area contributed by atoms with E-state index in [-0.39, 0.29) is 5.78 Å². The normalized spacial score (nSPS) is 11.4. The van der Waals surface area contributed by atoms with Crippen LogP contribution in [-0.2, 0) is 0 Å². The molecule has 0 saturated heterocycles. The molecule has 0 aliphatic rings. The first-order chi connectivity index (χ1) is 15.7. The highest BCUT2D eigenvalue weighted by atomic mass is 32.1. The fourth-order valence-electron chi connectivity index (χ4n) is 3.54. The van der Waals surface area contributed by atoms with E-state index in [1.807, 2.05) is 30.3 Å². The minimum atomic E-state index is 0.0461. The zero-order valence-electron chi connectivity index (χ0n) is 16.7. The van der Waals surface area contributed by atoms with Crippen LogP contribution in [0, 0.1) is 0 Å². The van der Waals surface area contributed by atoms with E-state index in [1.165, 1.54) is 11.3 Å². The number of H-pyrrole nitrogens is 2. The van der Waals surface area contributed by atoms with E-state index >= 15 is 0 Å². The van der Waals surface area contributed by atoms with Crippen LogP contribution < -0.4 is 0 Å².